The summed E-state index contributed by atoms with van der Waals surface area (Å²) in [6.45, 7) is 4.18. The van der Waals surface area contributed by atoms with Gasteiger partial charge in [-0.3, -0.25) is 24.3 Å². The van der Waals surface area contributed by atoms with Crippen molar-refractivity contribution < 1.29 is 14.4 Å². The molecule has 0 radical (unpaired) electrons. The third kappa shape index (κ3) is 3.01. The molecule has 6 nitrogen and oxygen atoms in total. The number of carbonyl (C=O) groups excluding carboxylic acids is 3. The molecule has 1 aromatic heterocycles. The molecule has 0 saturated carbocycles. The third-order valence-corrected chi connectivity index (χ3v) is 5.24. The maximum Gasteiger partial charge on any atom is 0.262 e. The highest BCUT2D eigenvalue weighted by Crippen LogP contribution is 2.32. The van der Waals surface area contributed by atoms with Crippen LogP contribution in [0.15, 0.2) is 36.4 Å². The van der Waals surface area contributed by atoms with Crippen molar-refractivity contribution in [2.75, 3.05) is 13.1 Å². The highest BCUT2D eigenvalue weighted by atomic mass is 16.2. The second kappa shape index (κ2) is 6.61. The van der Waals surface area contributed by atoms with Crippen LogP contribution in [-0.4, -0.2) is 45.6 Å². The van der Waals surface area contributed by atoms with Crippen molar-refractivity contribution in [1.29, 1.82) is 0 Å². The Kier molecular flexibility index (Phi) is 4.26. The number of carbonyl (C=O) groups is 3. The van der Waals surface area contributed by atoms with Gasteiger partial charge in [0.25, 0.3) is 11.8 Å². The lowest BCUT2D eigenvalue weighted by atomic mass is 10.1. The Morgan fingerprint density at radius 3 is 2.67 bits per heavy atom. The Labute approximate surface area is 157 Å². The number of aromatic nitrogens is 1. The number of hydrogen-bond donors (Lipinski definition) is 0. The van der Waals surface area contributed by atoms with Gasteiger partial charge in [0.15, 0.2) is 0 Å². The summed E-state index contributed by atoms with van der Waals surface area (Å²) >= 11 is 0. The lowest BCUT2D eigenvalue weighted by Crippen LogP contribution is -2.42. The summed E-state index contributed by atoms with van der Waals surface area (Å²) in [4.78, 5) is 45.5. The monoisotopic (exact) mass is 363 g/mol. The molecule has 0 aliphatic carbocycles. The highest BCUT2D eigenvalue weighted by Gasteiger charge is 2.39. The summed E-state index contributed by atoms with van der Waals surface area (Å²) in [5, 5.41) is 0. The van der Waals surface area contributed by atoms with E-state index < -0.39 is 11.8 Å². The van der Waals surface area contributed by atoms with Gasteiger partial charge < -0.3 is 4.90 Å². The molecular formula is C21H21N3O3. The number of amides is 3. The van der Waals surface area contributed by atoms with Crippen molar-refractivity contribution in [2.24, 2.45) is 0 Å². The van der Waals surface area contributed by atoms with E-state index in [0.29, 0.717) is 17.7 Å². The van der Waals surface area contributed by atoms with Crippen LogP contribution in [0, 0.1) is 13.8 Å². The molecule has 2 aliphatic heterocycles. The Morgan fingerprint density at radius 2 is 1.89 bits per heavy atom. The smallest absolute Gasteiger partial charge is 0.262 e. The van der Waals surface area contributed by atoms with Crippen molar-refractivity contribution >= 4 is 17.7 Å². The molecule has 1 saturated heterocycles. The molecule has 3 amide bonds. The predicted octanol–water partition coefficient (Wildman–Crippen LogP) is 2.66. The van der Waals surface area contributed by atoms with Crippen LogP contribution >= 0.6 is 0 Å². The van der Waals surface area contributed by atoms with E-state index in [2.05, 4.69) is 4.98 Å². The van der Waals surface area contributed by atoms with Gasteiger partial charge >= 0.3 is 0 Å². The normalized spacial score (nSPS) is 19.0. The number of imide groups is 1. The van der Waals surface area contributed by atoms with Gasteiger partial charge in [0, 0.05) is 12.2 Å². The molecule has 1 unspecified atom stereocenters. The van der Waals surface area contributed by atoms with E-state index in [-0.39, 0.29) is 18.5 Å². The van der Waals surface area contributed by atoms with Crippen LogP contribution in [0.5, 0.6) is 0 Å². The average Bonchev–Trinajstić information content (AvgIpc) is 3.22. The van der Waals surface area contributed by atoms with Crippen molar-refractivity contribution in [3.05, 3.63) is 64.5 Å². The Morgan fingerprint density at radius 1 is 1.11 bits per heavy atom. The van der Waals surface area contributed by atoms with Gasteiger partial charge in [0.05, 0.1) is 22.9 Å². The van der Waals surface area contributed by atoms with E-state index in [1.807, 2.05) is 32.0 Å². The molecule has 0 bridgehead atoms. The molecule has 1 atom stereocenters. The average molecular weight is 363 g/mol. The van der Waals surface area contributed by atoms with E-state index >= 15 is 0 Å². The second-order valence-electron chi connectivity index (χ2n) is 7.19. The molecule has 3 heterocycles. The summed E-state index contributed by atoms with van der Waals surface area (Å²) in [6, 6.07) is 10.8. The fraction of sp³-hybridized carbons (Fsp3) is 0.333. The lowest BCUT2D eigenvalue weighted by Gasteiger charge is -2.26. The second-order valence-corrected chi connectivity index (χ2v) is 7.19. The Hall–Kier alpha value is -3.02. The topological polar surface area (TPSA) is 70.6 Å². The molecule has 1 aromatic carbocycles. The first kappa shape index (κ1) is 17.4. The Balaban J connectivity index is 1.54. The van der Waals surface area contributed by atoms with Gasteiger partial charge in [0.2, 0.25) is 5.91 Å². The molecular weight excluding hydrogens is 342 g/mol. The van der Waals surface area contributed by atoms with E-state index in [1.54, 1.807) is 23.1 Å². The number of hydrogen-bond acceptors (Lipinski definition) is 4. The van der Waals surface area contributed by atoms with Gasteiger partial charge in [-0.05, 0) is 51.0 Å². The standard InChI is InChI=1S/C21H21N3O3/c1-13-8-9-15-16(11-13)21(27)24(20(15)26)12-19(25)23-10-4-7-18(23)17-6-3-5-14(2)22-17/h3,5-6,8-9,11,18H,4,7,10,12H2,1-2H3. The summed E-state index contributed by atoms with van der Waals surface area (Å²) in [6.07, 6.45) is 1.72. The maximum atomic E-state index is 12.9. The highest BCUT2D eigenvalue weighted by molar-refractivity contribution is 6.22. The van der Waals surface area contributed by atoms with Crippen molar-refractivity contribution in [3.8, 4) is 0 Å². The summed E-state index contributed by atoms with van der Waals surface area (Å²) < 4.78 is 0. The van der Waals surface area contributed by atoms with E-state index in [0.717, 1.165) is 34.7 Å². The van der Waals surface area contributed by atoms with Crippen LogP contribution < -0.4 is 0 Å². The van der Waals surface area contributed by atoms with Crippen LogP contribution in [0.2, 0.25) is 0 Å². The molecule has 138 valence electrons. The molecule has 0 spiro atoms. The molecule has 6 heteroatoms. The first-order chi connectivity index (χ1) is 13.0. The molecule has 2 aromatic rings. The minimum absolute atomic E-state index is 0.102. The minimum Gasteiger partial charge on any atom is -0.333 e. The first-order valence-corrected chi connectivity index (χ1v) is 9.15. The van der Waals surface area contributed by atoms with E-state index in [1.165, 1.54) is 0 Å². The van der Waals surface area contributed by atoms with E-state index in [9.17, 15) is 14.4 Å². The van der Waals surface area contributed by atoms with Gasteiger partial charge in [-0.1, -0.05) is 17.7 Å². The van der Waals surface area contributed by atoms with Crippen LogP contribution in [-0.2, 0) is 4.79 Å². The zero-order chi connectivity index (χ0) is 19.1. The molecule has 2 aliphatic rings. The lowest BCUT2D eigenvalue weighted by molar-refractivity contribution is -0.132. The molecule has 0 N–H and O–H groups in total. The van der Waals surface area contributed by atoms with Gasteiger partial charge in [0.1, 0.15) is 6.54 Å². The van der Waals surface area contributed by atoms with Crippen LogP contribution in [0.3, 0.4) is 0 Å². The van der Waals surface area contributed by atoms with Crippen molar-refractivity contribution in [3.63, 3.8) is 0 Å². The fourth-order valence-corrected chi connectivity index (χ4v) is 3.90. The Bertz CT molecular complexity index is 953. The molecule has 1 fully saturated rings. The summed E-state index contributed by atoms with van der Waals surface area (Å²) in [5.74, 6) is -1.00. The number of benzene rings is 1. The maximum absolute atomic E-state index is 12.9. The van der Waals surface area contributed by atoms with Crippen LogP contribution in [0.4, 0.5) is 0 Å². The summed E-state index contributed by atoms with van der Waals surface area (Å²) in [5.41, 5.74) is 3.43. The number of rotatable bonds is 3. The number of fused-ring (bicyclic) bond motifs is 1. The zero-order valence-corrected chi connectivity index (χ0v) is 15.4. The van der Waals surface area contributed by atoms with Gasteiger partial charge in [-0.2, -0.15) is 0 Å². The third-order valence-electron chi connectivity index (χ3n) is 5.24. The zero-order valence-electron chi connectivity index (χ0n) is 15.4. The molecule has 27 heavy (non-hydrogen) atoms. The largest absolute Gasteiger partial charge is 0.333 e. The number of nitrogens with zero attached hydrogens (tertiary/aromatic N) is 3. The van der Waals surface area contributed by atoms with Crippen molar-refractivity contribution in [1.82, 2.24) is 14.8 Å². The SMILES string of the molecule is Cc1ccc2c(c1)C(=O)N(CC(=O)N1CCCC1c1cccc(C)n1)C2=O. The van der Waals surface area contributed by atoms with E-state index in [4.69, 9.17) is 0 Å². The minimum atomic E-state index is -0.396. The van der Waals surface area contributed by atoms with Crippen LogP contribution in [0.25, 0.3) is 0 Å². The number of pyridine rings is 1. The van der Waals surface area contributed by atoms with Gasteiger partial charge in [-0.25, -0.2) is 0 Å². The fourth-order valence-electron chi connectivity index (χ4n) is 3.90. The van der Waals surface area contributed by atoms with Gasteiger partial charge in [-0.15, -0.1) is 0 Å². The number of aryl methyl sites for hydroxylation is 2. The summed E-state index contributed by atoms with van der Waals surface area (Å²) in [7, 11) is 0. The molecule has 4 rings (SSSR count). The number of likely N-dealkylation sites (tertiary alicyclic amines) is 1. The first-order valence-electron chi connectivity index (χ1n) is 9.15. The van der Waals surface area contributed by atoms with Crippen molar-refractivity contribution in [2.45, 2.75) is 32.7 Å². The predicted molar refractivity (Wildman–Crippen MR) is 99.2 cm³/mol. The van der Waals surface area contributed by atoms with Crippen LogP contribution in [0.1, 0.15) is 56.6 Å². The quantitative estimate of drug-likeness (QED) is 0.786.